The van der Waals surface area contributed by atoms with E-state index in [0.717, 1.165) is 18.2 Å². The molecule has 2 aromatic carbocycles. The van der Waals surface area contributed by atoms with E-state index in [4.69, 9.17) is 15.2 Å². The lowest BCUT2D eigenvalue weighted by atomic mass is 9.82. The molecule has 0 bridgehead atoms. The second-order valence-corrected chi connectivity index (χ2v) is 12.8. The number of aliphatic hydroxyl groups is 1. The predicted molar refractivity (Wildman–Crippen MR) is 192 cm³/mol. The molecule has 54 heavy (non-hydrogen) atoms. The number of anilines is 1. The fourth-order valence-corrected chi connectivity index (χ4v) is 6.31. The predicted octanol–water partition coefficient (Wildman–Crippen LogP) is 1.24. The molecule has 0 spiro atoms. The van der Waals surface area contributed by atoms with Crippen molar-refractivity contribution >= 4 is 47.5 Å². The minimum atomic E-state index is -2.06. The number of pyridine rings is 1. The molecular weight excluding hydrogens is 769 g/mol. The maximum Gasteiger partial charge on any atom is 0.418 e. The highest BCUT2D eigenvalue weighted by Gasteiger charge is 2.43. The van der Waals surface area contributed by atoms with Crippen LogP contribution in [0.1, 0.15) is 52.5 Å². The zero-order chi connectivity index (χ0) is 37.6. The van der Waals surface area contributed by atoms with Gasteiger partial charge in [0.1, 0.15) is 36.2 Å². The minimum absolute atomic E-state index is 0. The summed E-state index contributed by atoms with van der Waals surface area (Å²) in [6.45, 7) is 2.80. The normalized spacial score (nSPS) is 13.0. The van der Waals surface area contributed by atoms with E-state index >= 15 is 4.39 Å². The summed E-state index contributed by atoms with van der Waals surface area (Å²) in [5.41, 5.74) is 5.04. The molecule has 4 N–H and O–H groups in total. The molecule has 0 aliphatic rings. The first-order valence-electron chi connectivity index (χ1n) is 16.0. The Kier molecular flexibility index (Phi) is 15.1. The number of halogens is 4. The highest BCUT2D eigenvalue weighted by molar-refractivity contribution is 7.10. The van der Waals surface area contributed by atoms with E-state index in [1.54, 1.807) is 62.7 Å². The summed E-state index contributed by atoms with van der Waals surface area (Å²) in [7, 11) is 3.07. The van der Waals surface area contributed by atoms with Crippen molar-refractivity contribution in [1.82, 2.24) is 25.1 Å². The Morgan fingerprint density at radius 1 is 1.15 bits per heavy atom. The molecular formula is C35H38Cl2F2N8O6S. The van der Waals surface area contributed by atoms with Crippen LogP contribution in [0.3, 0.4) is 0 Å². The van der Waals surface area contributed by atoms with E-state index in [0.29, 0.717) is 27.4 Å². The summed E-state index contributed by atoms with van der Waals surface area (Å²) in [4.78, 5) is 46.6. The van der Waals surface area contributed by atoms with Crippen molar-refractivity contribution in [1.29, 1.82) is 0 Å². The smallest absolute Gasteiger partial charge is 0.418 e. The minimum Gasteiger partial charge on any atom is -1.00 e. The number of nitrogens with zero attached hydrogens (tertiary/aromatic N) is 6. The number of likely N-dealkylation sites (N-methyl/N-ethyl adjacent to an activating group) is 1. The van der Waals surface area contributed by atoms with Crippen molar-refractivity contribution in [3.63, 3.8) is 0 Å². The number of benzene rings is 2. The Balaban J connectivity index is 0.00000392. The van der Waals surface area contributed by atoms with Gasteiger partial charge < -0.3 is 38.0 Å². The summed E-state index contributed by atoms with van der Waals surface area (Å²) in [6, 6.07) is 12.7. The first-order valence-corrected chi connectivity index (χ1v) is 16.8. The lowest BCUT2D eigenvalue weighted by molar-refractivity contribution is -0.753. The Labute approximate surface area is 325 Å². The number of thiazole rings is 1. The van der Waals surface area contributed by atoms with Crippen molar-refractivity contribution in [2.24, 2.45) is 5.73 Å². The van der Waals surface area contributed by atoms with Crippen LogP contribution in [0.5, 0.6) is 0 Å². The quantitative estimate of drug-likeness (QED) is 0.109. The van der Waals surface area contributed by atoms with Gasteiger partial charge in [0, 0.05) is 58.8 Å². The molecule has 5 aromatic rings. The molecule has 0 saturated carbocycles. The van der Waals surface area contributed by atoms with Gasteiger partial charge in [0.25, 0.3) is 6.33 Å². The molecule has 288 valence electrons. The summed E-state index contributed by atoms with van der Waals surface area (Å²) < 4.78 is 43.5. The maximum absolute atomic E-state index is 15.3. The van der Waals surface area contributed by atoms with Crippen molar-refractivity contribution < 1.29 is 54.7 Å². The zero-order valence-electron chi connectivity index (χ0n) is 29.5. The molecule has 0 aliphatic carbocycles. The summed E-state index contributed by atoms with van der Waals surface area (Å²) in [6.07, 6.45) is 2.61. The maximum atomic E-state index is 15.3. The van der Waals surface area contributed by atoms with E-state index in [2.05, 4.69) is 20.4 Å². The number of nitrogens with two attached hydrogens (primary N) is 1. The van der Waals surface area contributed by atoms with Gasteiger partial charge in [0.05, 0.1) is 17.2 Å². The van der Waals surface area contributed by atoms with Crippen molar-refractivity contribution in [2.75, 3.05) is 25.5 Å². The lowest BCUT2D eigenvalue weighted by Gasteiger charge is -2.32. The number of amides is 2. The first kappa shape index (κ1) is 43.3. The standard InChI is InChI=1S/C35H36F2N8O6S.2ClH/c1-21(33-42-29(17-52-33)23-7-9-24(10-8-23)31(38)47)35(49,27-14-26(36)11-12-28(27)37)18-45-20-44(19-41-45)22(2)51-34(48)43(4)32-25(6-5-13-40-32)16-50-30(46)15-39-3;;/h5-14,17,19-22,39,49H,15-16,18H2,1-4H3,(H-,38,47);2*1H/t21-,22?,35+;;/m0../s1. The fraction of sp³-hybridized carbons (Fsp3) is 0.286. The second-order valence-electron chi connectivity index (χ2n) is 11.9. The SMILES string of the molecule is CNCC(=O)OCc1cccnc1N(C)C(=O)OC(C)[n+]1cnn(C[C@](O)(c2cc(F)ccc2F)[C@@H](C)c2nc(-c3ccc(C(N)=O)cc3)cs2)c1.Cl.[Cl-]. The largest absolute Gasteiger partial charge is 1.00 e. The average Bonchev–Trinajstić information content (AvgIpc) is 3.82. The van der Waals surface area contributed by atoms with Crippen LogP contribution in [0.4, 0.5) is 19.4 Å². The van der Waals surface area contributed by atoms with Gasteiger partial charge in [0.2, 0.25) is 18.5 Å². The Hall–Kier alpha value is -5.07. The van der Waals surface area contributed by atoms with Gasteiger partial charge >= 0.3 is 12.1 Å². The monoisotopic (exact) mass is 806 g/mol. The van der Waals surface area contributed by atoms with E-state index in [-0.39, 0.29) is 55.9 Å². The van der Waals surface area contributed by atoms with Crippen LogP contribution in [0.15, 0.2) is 78.8 Å². The third kappa shape index (κ3) is 9.91. The molecule has 19 heteroatoms. The molecule has 14 nitrogen and oxygen atoms in total. The molecule has 3 atom stereocenters. The summed E-state index contributed by atoms with van der Waals surface area (Å²) in [5, 5.41) is 21.5. The van der Waals surface area contributed by atoms with E-state index < -0.39 is 47.4 Å². The van der Waals surface area contributed by atoms with E-state index in [1.807, 2.05) is 0 Å². The van der Waals surface area contributed by atoms with Crippen LogP contribution in [-0.2, 0) is 33.0 Å². The lowest BCUT2D eigenvalue weighted by Crippen LogP contribution is -3.00. The number of ether oxygens (including phenoxy) is 2. The van der Waals surface area contributed by atoms with Gasteiger partial charge in [-0.15, -0.1) is 28.4 Å². The number of rotatable bonds is 14. The summed E-state index contributed by atoms with van der Waals surface area (Å²) in [5.74, 6) is -3.27. The molecule has 3 aromatic heterocycles. The molecule has 5 rings (SSSR count). The zero-order valence-corrected chi connectivity index (χ0v) is 31.9. The number of nitrogens with one attached hydrogen (secondary N) is 1. The molecule has 0 aliphatic heterocycles. The van der Waals surface area contributed by atoms with Gasteiger partial charge in [0.15, 0.2) is 0 Å². The van der Waals surface area contributed by atoms with Crippen molar-refractivity contribution in [3.05, 3.63) is 112 Å². The Morgan fingerprint density at radius 3 is 2.56 bits per heavy atom. The van der Waals surface area contributed by atoms with Crippen LogP contribution in [0.25, 0.3) is 11.3 Å². The van der Waals surface area contributed by atoms with Crippen LogP contribution in [0.2, 0.25) is 0 Å². The molecule has 3 heterocycles. The number of carbonyl (C=O) groups is 3. The number of hydrogen-bond donors (Lipinski definition) is 3. The number of primary amides is 1. The highest BCUT2D eigenvalue weighted by atomic mass is 35.5. The van der Waals surface area contributed by atoms with Crippen LogP contribution in [-0.4, -0.2) is 63.5 Å². The molecule has 0 saturated heterocycles. The Morgan fingerprint density at radius 2 is 1.87 bits per heavy atom. The van der Waals surface area contributed by atoms with Crippen molar-refractivity contribution in [3.8, 4) is 11.3 Å². The Bertz CT molecular complexity index is 2070. The third-order valence-electron chi connectivity index (χ3n) is 8.33. The van der Waals surface area contributed by atoms with Gasteiger partial charge in [-0.05, 0) is 43.4 Å². The van der Waals surface area contributed by atoms with Crippen LogP contribution < -0.4 is 32.9 Å². The van der Waals surface area contributed by atoms with Gasteiger partial charge in [-0.1, -0.05) is 25.1 Å². The number of carbonyl (C=O) groups excluding carboxylic acids is 3. The van der Waals surface area contributed by atoms with Crippen LogP contribution in [0, 0.1) is 11.6 Å². The fourth-order valence-electron chi connectivity index (χ4n) is 5.34. The number of aromatic nitrogens is 5. The molecule has 0 radical (unpaired) electrons. The van der Waals surface area contributed by atoms with Crippen molar-refractivity contribution in [2.45, 2.75) is 44.7 Å². The third-order valence-corrected chi connectivity index (χ3v) is 9.36. The molecule has 0 fully saturated rings. The topological polar surface area (TPSA) is 179 Å². The molecule has 2 amide bonds. The van der Waals surface area contributed by atoms with Gasteiger partial charge in [-0.2, -0.15) is 4.57 Å². The van der Waals surface area contributed by atoms with Gasteiger partial charge in [-0.25, -0.2) is 23.5 Å². The van der Waals surface area contributed by atoms with E-state index in [9.17, 15) is 23.9 Å². The van der Waals surface area contributed by atoms with Gasteiger partial charge in [-0.3, -0.25) is 14.5 Å². The number of hydrogen-bond acceptors (Lipinski definition) is 11. The summed E-state index contributed by atoms with van der Waals surface area (Å²) >= 11 is 1.22. The second kappa shape index (κ2) is 18.8. The van der Waals surface area contributed by atoms with E-state index in [1.165, 1.54) is 51.4 Å². The average molecular weight is 808 g/mol. The van der Waals surface area contributed by atoms with Crippen LogP contribution >= 0.6 is 23.7 Å². The number of esters is 1. The molecule has 1 unspecified atom stereocenters. The first-order chi connectivity index (χ1) is 24.8. The highest BCUT2D eigenvalue weighted by Crippen LogP contribution is 2.41.